The number of rotatable bonds is 4. The number of hydrogen-bond donors (Lipinski definition) is 0. The molecule has 5 rings (SSSR count). The SMILES string of the molecule is c1ccc(-c2nn(-c3ccccc3)[n+](-c3ccccc3-c3ccccc3)n2)cc1. The van der Waals surface area contributed by atoms with Crippen LogP contribution in [0.1, 0.15) is 0 Å². The van der Waals surface area contributed by atoms with Crippen molar-refractivity contribution >= 4 is 0 Å². The van der Waals surface area contributed by atoms with E-state index in [1.807, 2.05) is 101 Å². The van der Waals surface area contributed by atoms with Crippen molar-refractivity contribution in [2.24, 2.45) is 0 Å². The van der Waals surface area contributed by atoms with Crippen LogP contribution in [0, 0.1) is 0 Å². The Hall–Kier alpha value is -4.05. The zero-order chi connectivity index (χ0) is 19.5. The smallest absolute Gasteiger partial charge is 0.0622 e. The first-order valence-electron chi connectivity index (χ1n) is 9.55. The van der Waals surface area contributed by atoms with E-state index in [2.05, 4.69) is 24.3 Å². The highest BCUT2D eigenvalue weighted by Crippen LogP contribution is 2.24. The van der Waals surface area contributed by atoms with E-state index in [1.54, 1.807) is 0 Å². The molecule has 0 amide bonds. The summed E-state index contributed by atoms with van der Waals surface area (Å²) >= 11 is 0. The summed E-state index contributed by atoms with van der Waals surface area (Å²) in [5, 5.41) is 9.71. The molecule has 0 aliphatic carbocycles. The molecule has 4 heteroatoms. The van der Waals surface area contributed by atoms with Crippen molar-refractivity contribution in [3.8, 4) is 33.9 Å². The van der Waals surface area contributed by atoms with Crippen molar-refractivity contribution in [3.05, 3.63) is 115 Å². The van der Waals surface area contributed by atoms with Crippen LogP contribution in [-0.2, 0) is 0 Å². The van der Waals surface area contributed by atoms with Gasteiger partial charge in [0.2, 0.25) is 0 Å². The number of aromatic nitrogens is 4. The lowest BCUT2D eigenvalue weighted by Crippen LogP contribution is -2.43. The first-order chi connectivity index (χ1) is 14.4. The van der Waals surface area contributed by atoms with Gasteiger partial charge in [0.05, 0.1) is 10.7 Å². The number of nitrogens with zero attached hydrogens (tertiary/aromatic N) is 4. The Morgan fingerprint density at radius 1 is 0.552 bits per heavy atom. The second kappa shape index (κ2) is 7.52. The third-order valence-electron chi connectivity index (χ3n) is 4.78. The summed E-state index contributed by atoms with van der Waals surface area (Å²) in [5.41, 5.74) is 5.14. The Balaban J connectivity index is 1.75. The van der Waals surface area contributed by atoms with Crippen molar-refractivity contribution in [2.75, 3.05) is 0 Å². The molecule has 0 fully saturated rings. The Kier molecular flexibility index (Phi) is 4.43. The van der Waals surface area contributed by atoms with E-state index >= 15 is 0 Å². The Morgan fingerprint density at radius 2 is 1.10 bits per heavy atom. The standard InChI is InChI=1S/C25H19N4/c1-4-12-20(13-5-1)23-18-10-11-19-24(23)29-27-25(21-14-6-2-7-15-21)26-28(29)22-16-8-3-9-17-22/h1-19H/q+1. The normalized spacial score (nSPS) is 10.8. The van der Waals surface area contributed by atoms with E-state index in [-0.39, 0.29) is 0 Å². The molecular formula is C25H19N4+. The molecule has 1 aromatic heterocycles. The molecule has 4 aromatic carbocycles. The summed E-state index contributed by atoms with van der Waals surface area (Å²) in [6.45, 7) is 0. The van der Waals surface area contributed by atoms with E-state index in [0.717, 1.165) is 28.1 Å². The summed E-state index contributed by atoms with van der Waals surface area (Å²) < 4.78 is 0. The van der Waals surface area contributed by atoms with Crippen LogP contribution in [0.2, 0.25) is 0 Å². The lowest BCUT2D eigenvalue weighted by Gasteiger charge is -2.06. The van der Waals surface area contributed by atoms with Gasteiger partial charge in [0.25, 0.3) is 0 Å². The third kappa shape index (κ3) is 3.32. The molecule has 4 nitrogen and oxygen atoms in total. The van der Waals surface area contributed by atoms with Gasteiger partial charge in [-0.25, -0.2) is 0 Å². The number of tetrazole rings is 1. The van der Waals surface area contributed by atoms with E-state index in [0.29, 0.717) is 5.82 Å². The van der Waals surface area contributed by atoms with Crippen molar-refractivity contribution in [3.63, 3.8) is 0 Å². The molecule has 0 N–H and O–H groups in total. The average Bonchev–Trinajstić information content (AvgIpc) is 3.26. The first-order valence-corrected chi connectivity index (χ1v) is 9.55. The summed E-state index contributed by atoms with van der Waals surface area (Å²) in [4.78, 5) is 3.73. The Labute approximate surface area is 169 Å². The first kappa shape index (κ1) is 17.1. The van der Waals surface area contributed by atoms with Gasteiger partial charge in [-0.2, -0.15) is 0 Å². The van der Waals surface area contributed by atoms with Gasteiger partial charge in [-0.3, -0.25) is 0 Å². The molecule has 0 aliphatic rings. The van der Waals surface area contributed by atoms with Crippen LogP contribution >= 0.6 is 0 Å². The molecule has 29 heavy (non-hydrogen) atoms. The molecule has 0 saturated heterocycles. The third-order valence-corrected chi connectivity index (χ3v) is 4.78. The average molecular weight is 375 g/mol. The molecule has 0 atom stereocenters. The molecule has 0 radical (unpaired) electrons. The molecule has 5 aromatic rings. The lowest BCUT2D eigenvalue weighted by molar-refractivity contribution is -0.734. The van der Waals surface area contributed by atoms with Crippen LogP contribution in [0.5, 0.6) is 0 Å². The highest BCUT2D eigenvalue weighted by molar-refractivity contribution is 5.70. The van der Waals surface area contributed by atoms with Gasteiger partial charge in [0.1, 0.15) is 5.69 Å². The minimum Gasteiger partial charge on any atom is -0.0622 e. The number of hydrogen-bond acceptors (Lipinski definition) is 2. The zero-order valence-electron chi connectivity index (χ0n) is 15.8. The second-order valence-electron chi connectivity index (χ2n) is 6.69. The van der Waals surface area contributed by atoms with Crippen LogP contribution in [0.3, 0.4) is 0 Å². The lowest BCUT2D eigenvalue weighted by atomic mass is 10.0. The van der Waals surface area contributed by atoms with Crippen LogP contribution in [0.15, 0.2) is 115 Å². The van der Waals surface area contributed by atoms with E-state index in [4.69, 9.17) is 10.2 Å². The van der Waals surface area contributed by atoms with Gasteiger partial charge in [-0.1, -0.05) is 78.9 Å². The van der Waals surface area contributed by atoms with Crippen molar-refractivity contribution in [1.82, 2.24) is 15.0 Å². The minimum atomic E-state index is 0.678. The fourth-order valence-corrected chi connectivity index (χ4v) is 3.38. The summed E-state index contributed by atoms with van der Waals surface area (Å²) in [5.74, 6) is 0.678. The van der Waals surface area contributed by atoms with E-state index < -0.39 is 0 Å². The highest BCUT2D eigenvalue weighted by atomic mass is 15.7. The van der Waals surface area contributed by atoms with Crippen molar-refractivity contribution in [2.45, 2.75) is 0 Å². The molecule has 0 bridgehead atoms. The predicted molar refractivity (Wildman–Crippen MR) is 114 cm³/mol. The highest BCUT2D eigenvalue weighted by Gasteiger charge is 2.25. The summed E-state index contributed by atoms with van der Waals surface area (Å²) in [7, 11) is 0. The van der Waals surface area contributed by atoms with Gasteiger partial charge in [-0.15, -0.1) is 0 Å². The maximum absolute atomic E-state index is 4.88. The number of benzene rings is 4. The monoisotopic (exact) mass is 375 g/mol. The number of para-hydroxylation sites is 2. The Bertz CT molecular complexity index is 1230. The van der Waals surface area contributed by atoms with Gasteiger partial charge in [-0.05, 0) is 51.9 Å². The Morgan fingerprint density at radius 3 is 1.79 bits per heavy atom. The van der Waals surface area contributed by atoms with Crippen molar-refractivity contribution in [1.29, 1.82) is 0 Å². The van der Waals surface area contributed by atoms with E-state index in [9.17, 15) is 0 Å². The summed E-state index contributed by atoms with van der Waals surface area (Å²) in [6, 6.07) is 38.7. The van der Waals surface area contributed by atoms with Gasteiger partial charge >= 0.3 is 5.82 Å². The molecule has 138 valence electrons. The predicted octanol–water partition coefficient (Wildman–Crippen LogP) is 4.88. The largest absolute Gasteiger partial charge is 0.340 e. The van der Waals surface area contributed by atoms with Gasteiger partial charge in [0, 0.05) is 10.4 Å². The minimum absolute atomic E-state index is 0.678. The fraction of sp³-hybridized carbons (Fsp3) is 0. The topological polar surface area (TPSA) is 34.6 Å². The van der Waals surface area contributed by atoms with Crippen LogP contribution < -0.4 is 4.80 Å². The van der Waals surface area contributed by atoms with Crippen LogP contribution in [-0.4, -0.2) is 15.0 Å². The maximum atomic E-state index is 4.88. The quantitative estimate of drug-likeness (QED) is 0.420. The molecule has 0 aliphatic heterocycles. The fourth-order valence-electron chi connectivity index (χ4n) is 3.38. The molecule has 0 saturated carbocycles. The van der Waals surface area contributed by atoms with Gasteiger partial charge in [0.15, 0.2) is 5.69 Å². The molecule has 0 spiro atoms. The van der Waals surface area contributed by atoms with Gasteiger partial charge < -0.3 is 0 Å². The zero-order valence-corrected chi connectivity index (χ0v) is 15.8. The maximum Gasteiger partial charge on any atom is 0.340 e. The van der Waals surface area contributed by atoms with Crippen molar-refractivity contribution < 1.29 is 4.80 Å². The van der Waals surface area contributed by atoms with E-state index in [1.165, 1.54) is 0 Å². The van der Waals surface area contributed by atoms with Crippen LogP contribution in [0.4, 0.5) is 0 Å². The second-order valence-corrected chi connectivity index (χ2v) is 6.69. The molecular weight excluding hydrogens is 356 g/mol. The molecule has 0 unspecified atom stereocenters. The van der Waals surface area contributed by atoms with Crippen LogP contribution in [0.25, 0.3) is 33.9 Å². The molecule has 1 heterocycles. The summed E-state index contributed by atoms with van der Waals surface area (Å²) in [6.07, 6.45) is 0.